The highest BCUT2D eigenvalue weighted by atomic mass is 19.3. The van der Waals surface area contributed by atoms with Gasteiger partial charge in [-0.1, -0.05) is 17.7 Å². The second kappa shape index (κ2) is 9.71. The van der Waals surface area contributed by atoms with E-state index in [9.17, 15) is 8.78 Å². The summed E-state index contributed by atoms with van der Waals surface area (Å²) in [6, 6.07) is 5.63. The van der Waals surface area contributed by atoms with Crippen LogP contribution in [0, 0.1) is 12.8 Å². The molecule has 2 N–H and O–H groups in total. The Morgan fingerprint density at radius 1 is 1.31 bits per heavy atom. The summed E-state index contributed by atoms with van der Waals surface area (Å²) in [4.78, 5) is 6.79. The number of hydrogen-bond acceptors (Lipinski definition) is 3. The number of nitrogens with one attached hydrogen (secondary N) is 2. The number of halogens is 2. The van der Waals surface area contributed by atoms with Crippen LogP contribution >= 0.6 is 0 Å². The average Bonchev–Trinajstić information content (AvgIpc) is 3.39. The van der Waals surface area contributed by atoms with Crippen LogP contribution in [0.5, 0.6) is 5.75 Å². The minimum atomic E-state index is -2.84. The minimum Gasteiger partial charge on any atom is -0.434 e. The van der Waals surface area contributed by atoms with Gasteiger partial charge >= 0.3 is 6.61 Å². The molecule has 0 radical (unpaired) electrons. The van der Waals surface area contributed by atoms with Crippen LogP contribution in [0.1, 0.15) is 30.9 Å². The molecule has 26 heavy (non-hydrogen) atoms. The molecule has 0 saturated heterocycles. The molecule has 1 aliphatic carbocycles. The molecule has 0 aliphatic heterocycles. The van der Waals surface area contributed by atoms with Crippen molar-refractivity contribution in [3.8, 4) is 5.75 Å². The van der Waals surface area contributed by atoms with Gasteiger partial charge in [-0.3, -0.25) is 0 Å². The number of rotatable bonds is 9. The van der Waals surface area contributed by atoms with Crippen LogP contribution in [-0.4, -0.2) is 50.7 Å². The van der Waals surface area contributed by atoms with E-state index in [0.29, 0.717) is 17.6 Å². The van der Waals surface area contributed by atoms with E-state index in [1.54, 1.807) is 12.1 Å². The first-order valence-corrected chi connectivity index (χ1v) is 9.13. The second-order valence-corrected chi connectivity index (χ2v) is 6.93. The molecule has 1 aromatic rings. The number of aryl methyl sites for hydroxylation is 1. The first kappa shape index (κ1) is 20.4. The largest absolute Gasteiger partial charge is 0.434 e. The van der Waals surface area contributed by atoms with Gasteiger partial charge in [0.1, 0.15) is 5.75 Å². The van der Waals surface area contributed by atoms with Crippen molar-refractivity contribution in [1.29, 1.82) is 0 Å². The van der Waals surface area contributed by atoms with Crippen LogP contribution in [0.15, 0.2) is 23.2 Å². The maximum absolute atomic E-state index is 12.6. The van der Waals surface area contributed by atoms with E-state index < -0.39 is 6.61 Å². The fourth-order valence-electron chi connectivity index (χ4n) is 3.00. The van der Waals surface area contributed by atoms with Gasteiger partial charge in [-0.15, -0.1) is 0 Å². The Balaban J connectivity index is 2.05. The average molecular weight is 368 g/mol. The van der Waals surface area contributed by atoms with Crippen molar-refractivity contribution in [1.82, 2.24) is 15.5 Å². The zero-order valence-electron chi connectivity index (χ0n) is 16.1. The Bertz CT molecular complexity index is 601. The zero-order chi connectivity index (χ0) is 19.1. The number of aliphatic imine (C=N–C) groups is 1. The van der Waals surface area contributed by atoms with Gasteiger partial charge in [-0.2, -0.15) is 8.78 Å². The maximum atomic E-state index is 12.6. The SMILES string of the molecule is CCNC(=NCc1cc(C)ccc1OC(F)F)NCC(C1CC1)N(C)C. The number of guanidine groups is 1. The molecule has 1 fully saturated rings. The molecule has 1 saturated carbocycles. The van der Waals surface area contributed by atoms with Crippen LogP contribution in [-0.2, 0) is 6.54 Å². The van der Waals surface area contributed by atoms with Crippen molar-refractivity contribution >= 4 is 5.96 Å². The highest BCUT2D eigenvalue weighted by molar-refractivity contribution is 5.79. The number of likely N-dealkylation sites (N-methyl/N-ethyl adjacent to an activating group) is 1. The predicted molar refractivity (Wildman–Crippen MR) is 101 cm³/mol. The number of nitrogens with zero attached hydrogens (tertiary/aromatic N) is 2. The van der Waals surface area contributed by atoms with Crippen LogP contribution in [0.25, 0.3) is 0 Å². The topological polar surface area (TPSA) is 48.9 Å². The molecule has 1 atom stereocenters. The van der Waals surface area contributed by atoms with Crippen molar-refractivity contribution in [3.63, 3.8) is 0 Å². The highest BCUT2D eigenvalue weighted by Crippen LogP contribution is 2.34. The van der Waals surface area contributed by atoms with Crippen molar-refractivity contribution in [2.75, 3.05) is 27.2 Å². The molecule has 146 valence electrons. The monoisotopic (exact) mass is 368 g/mol. The summed E-state index contributed by atoms with van der Waals surface area (Å²) in [6.07, 6.45) is 2.55. The molecule has 0 heterocycles. The Kier molecular flexibility index (Phi) is 7.63. The van der Waals surface area contributed by atoms with Gasteiger partial charge < -0.3 is 20.3 Å². The first-order chi connectivity index (χ1) is 12.4. The molecule has 0 amide bonds. The number of alkyl halides is 2. The number of ether oxygens (including phenoxy) is 1. The lowest BCUT2D eigenvalue weighted by Gasteiger charge is -2.25. The Morgan fingerprint density at radius 3 is 2.62 bits per heavy atom. The standard InChI is InChI=1S/C19H30F2N4O/c1-5-22-19(24-12-16(25(3)4)14-7-8-14)23-11-15-10-13(2)6-9-17(15)26-18(20)21/h6,9-10,14,16,18H,5,7-8,11-12H2,1-4H3,(H2,22,23,24). The summed E-state index contributed by atoms with van der Waals surface area (Å²) in [5.74, 6) is 1.60. The van der Waals surface area contributed by atoms with Gasteiger partial charge in [0, 0.05) is 24.7 Å². The van der Waals surface area contributed by atoms with Crippen LogP contribution < -0.4 is 15.4 Å². The molecule has 2 rings (SSSR count). The van der Waals surface area contributed by atoms with Crippen molar-refractivity contribution in [2.24, 2.45) is 10.9 Å². The lowest BCUT2D eigenvalue weighted by Crippen LogP contribution is -2.46. The van der Waals surface area contributed by atoms with Gasteiger partial charge in [0.25, 0.3) is 0 Å². The summed E-state index contributed by atoms with van der Waals surface area (Å²) in [5, 5.41) is 6.59. The lowest BCUT2D eigenvalue weighted by atomic mass is 10.1. The van der Waals surface area contributed by atoms with Gasteiger partial charge in [0.05, 0.1) is 6.54 Å². The van der Waals surface area contributed by atoms with Gasteiger partial charge in [0.15, 0.2) is 5.96 Å². The summed E-state index contributed by atoms with van der Waals surface area (Å²) in [7, 11) is 4.19. The summed E-state index contributed by atoms with van der Waals surface area (Å²) in [6.45, 7) is 2.88. The van der Waals surface area contributed by atoms with Crippen LogP contribution in [0.2, 0.25) is 0 Å². The van der Waals surface area contributed by atoms with E-state index in [-0.39, 0.29) is 12.3 Å². The molecule has 0 aromatic heterocycles. The van der Waals surface area contributed by atoms with E-state index in [1.165, 1.54) is 12.8 Å². The molecule has 0 spiro atoms. The molecule has 1 aliphatic rings. The third kappa shape index (κ3) is 6.44. The van der Waals surface area contributed by atoms with Crippen LogP contribution in [0.3, 0.4) is 0 Å². The minimum absolute atomic E-state index is 0.175. The number of hydrogen-bond donors (Lipinski definition) is 2. The quantitative estimate of drug-likeness (QED) is 0.520. The van der Waals surface area contributed by atoms with E-state index in [4.69, 9.17) is 0 Å². The lowest BCUT2D eigenvalue weighted by molar-refractivity contribution is -0.0504. The summed E-state index contributed by atoms with van der Waals surface area (Å²) < 4.78 is 29.8. The van der Waals surface area contributed by atoms with E-state index in [0.717, 1.165) is 24.6 Å². The van der Waals surface area contributed by atoms with E-state index >= 15 is 0 Å². The van der Waals surface area contributed by atoms with Gasteiger partial charge in [-0.25, -0.2) is 4.99 Å². The van der Waals surface area contributed by atoms with Crippen LogP contribution in [0.4, 0.5) is 8.78 Å². The van der Waals surface area contributed by atoms with E-state index in [1.807, 2.05) is 19.9 Å². The third-order valence-electron chi connectivity index (χ3n) is 4.49. The van der Waals surface area contributed by atoms with E-state index in [2.05, 4.69) is 39.4 Å². The molecule has 1 aromatic carbocycles. The van der Waals surface area contributed by atoms with Gasteiger partial charge in [0.2, 0.25) is 0 Å². The normalized spacial score (nSPS) is 16.1. The molecule has 0 bridgehead atoms. The Morgan fingerprint density at radius 2 is 2.04 bits per heavy atom. The second-order valence-electron chi connectivity index (χ2n) is 6.93. The number of benzene rings is 1. The Hall–Kier alpha value is -1.89. The van der Waals surface area contributed by atoms with Crippen molar-refractivity contribution < 1.29 is 13.5 Å². The third-order valence-corrected chi connectivity index (χ3v) is 4.49. The molecule has 1 unspecified atom stereocenters. The zero-order valence-corrected chi connectivity index (χ0v) is 16.1. The fraction of sp³-hybridized carbons (Fsp3) is 0.632. The van der Waals surface area contributed by atoms with Gasteiger partial charge in [-0.05, 0) is 52.8 Å². The molecular weight excluding hydrogens is 338 g/mol. The predicted octanol–water partition coefficient (Wildman–Crippen LogP) is 2.99. The van der Waals surface area contributed by atoms with Crippen molar-refractivity contribution in [3.05, 3.63) is 29.3 Å². The fourth-order valence-corrected chi connectivity index (χ4v) is 3.00. The maximum Gasteiger partial charge on any atom is 0.387 e. The molecule has 5 nitrogen and oxygen atoms in total. The highest BCUT2D eigenvalue weighted by Gasteiger charge is 2.32. The molecule has 7 heteroatoms. The molecular formula is C19H30F2N4O. The summed E-state index contributed by atoms with van der Waals surface area (Å²) in [5.41, 5.74) is 1.63. The van der Waals surface area contributed by atoms with Crippen molar-refractivity contribution in [2.45, 2.75) is 45.9 Å². The first-order valence-electron chi connectivity index (χ1n) is 9.13. The Labute approximate surface area is 154 Å². The smallest absolute Gasteiger partial charge is 0.387 e. The summed E-state index contributed by atoms with van der Waals surface area (Å²) >= 11 is 0.